The molecule has 3 aromatic rings. The molecular formula is C19H21FN6O2. The second-order valence-corrected chi connectivity index (χ2v) is 6.69. The first-order chi connectivity index (χ1) is 13.6. The first-order valence-corrected chi connectivity index (χ1v) is 9.24. The highest BCUT2D eigenvalue weighted by atomic mass is 19.1. The minimum atomic E-state index is -0.410. The first kappa shape index (κ1) is 18.1. The summed E-state index contributed by atoms with van der Waals surface area (Å²) in [6.45, 7) is 4.17. The molecule has 1 N–H and O–H groups in total. The number of rotatable bonds is 6. The fourth-order valence-corrected chi connectivity index (χ4v) is 3.23. The summed E-state index contributed by atoms with van der Waals surface area (Å²) >= 11 is 0. The number of pyridine rings is 1. The molecule has 9 heteroatoms. The quantitative estimate of drug-likeness (QED) is 0.654. The third-order valence-electron chi connectivity index (χ3n) is 4.65. The maximum absolute atomic E-state index is 13.1. The number of fused-ring (bicyclic) bond motifs is 1. The lowest BCUT2D eigenvalue weighted by molar-refractivity contribution is 0.0948. The minimum absolute atomic E-state index is 0.219. The Morgan fingerprint density at radius 1 is 1.32 bits per heavy atom. The van der Waals surface area contributed by atoms with Crippen molar-refractivity contribution in [1.29, 1.82) is 0 Å². The minimum Gasteiger partial charge on any atom is -0.476 e. The molecule has 4 heterocycles. The highest BCUT2D eigenvalue weighted by molar-refractivity contribution is 5.99. The van der Waals surface area contributed by atoms with Crippen LogP contribution >= 0.6 is 0 Å². The molecule has 8 nitrogen and oxygen atoms in total. The lowest BCUT2D eigenvalue weighted by Crippen LogP contribution is -2.28. The highest BCUT2D eigenvalue weighted by Crippen LogP contribution is 2.19. The zero-order chi connectivity index (χ0) is 19.5. The van der Waals surface area contributed by atoms with Crippen molar-refractivity contribution in [2.45, 2.75) is 19.8 Å². The number of nitrogens with one attached hydrogen (secondary N) is 1. The summed E-state index contributed by atoms with van der Waals surface area (Å²) in [4.78, 5) is 23.3. The van der Waals surface area contributed by atoms with E-state index in [2.05, 4.69) is 25.3 Å². The largest absolute Gasteiger partial charge is 0.476 e. The van der Waals surface area contributed by atoms with Crippen LogP contribution in [0.15, 0.2) is 30.7 Å². The molecule has 0 spiro atoms. The Hall–Kier alpha value is -3.23. The van der Waals surface area contributed by atoms with Crippen LogP contribution in [-0.2, 0) is 0 Å². The van der Waals surface area contributed by atoms with Gasteiger partial charge in [0.2, 0.25) is 5.88 Å². The van der Waals surface area contributed by atoms with Crippen LogP contribution in [0.1, 0.15) is 28.8 Å². The number of carbonyl (C=O) groups is 1. The molecule has 0 saturated carbocycles. The van der Waals surface area contributed by atoms with E-state index in [1.165, 1.54) is 12.3 Å². The van der Waals surface area contributed by atoms with Gasteiger partial charge in [0, 0.05) is 24.8 Å². The summed E-state index contributed by atoms with van der Waals surface area (Å²) < 4.78 is 20.2. The molecule has 1 aliphatic rings. The van der Waals surface area contributed by atoms with E-state index < -0.39 is 5.82 Å². The first-order valence-electron chi connectivity index (χ1n) is 9.24. The average molecular weight is 384 g/mol. The van der Waals surface area contributed by atoms with Gasteiger partial charge in [-0.2, -0.15) is 5.10 Å². The molecule has 3 aromatic heterocycles. The Balaban J connectivity index is 1.38. The number of amides is 1. The molecule has 0 aliphatic carbocycles. The van der Waals surface area contributed by atoms with Crippen LogP contribution in [0.2, 0.25) is 0 Å². The van der Waals surface area contributed by atoms with Crippen molar-refractivity contribution in [3.05, 3.63) is 47.7 Å². The van der Waals surface area contributed by atoms with Crippen molar-refractivity contribution in [2.75, 3.05) is 31.1 Å². The SMILES string of the molecule is Cc1cc(F)cnc1OCCNC(=O)c1cnn2ccc(N3CCCC3)nc12. The predicted molar refractivity (Wildman–Crippen MR) is 101 cm³/mol. The van der Waals surface area contributed by atoms with Gasteiger partial charge in [0.05, 0.1) is 18.9 Å². The topological polar surface area (TPSA) is 84.6 Å². The molecule has 0 bridgehead atoms. The van der Waals surface area contributed by atoms with Crippen molar-refractivity contribution in [2.24, 2.45) is 0 Å². The van der Waals surface area contributed by atoms with Gasteiger partial charge in [-0.1, -0.05) is 0 Å². The van der Waals surface area contributed by atoms with Crippen LogP contribution in [-0.4, -0.2) is 51.7 Å². The number of hydrogen-bond acceptors (Lipinski definition) is 6. The second kappa shape index (κ2) is 7.79. The van der Waals surface area contributed by atoms with Crippen molar-refractivity contribution in [3.63, 3.8) is 0 Å². The highest BCUT2D eigenvalue weighted by Gasteiger charge is 2.18. The number of anilines is 1. The molecule has 1 saturated heterocycles. The van der Waals surface area contributed by atoms with Crippen LogP contribution in [0.25, 0.3) is 5.65 Å². The zero-order valence-corrected chi connectivity index (χ0v) is 15.6. The summed E-state index contributed by atoms with van der Waals surface area (Å²) in [6, 6.07) is 3.27. The van der Waals surface area contributed by atoms with Crippen LogP contribution < -0.4 is 15.0 Å². The number of nitrogens with zero attached hydrogens (tertiary/aromatic N) is 5. The van der Waals surface area contributed by atoms with Crippen molar-refractivity contribution < 1.29 is 13.9 Å². The monoisotopic (exact) mass is 384 g/mol. The zero-order valence-electron chi connectivity index (χ0n) is 15.6. The molecule has 1 amide bonds. The summed E-state index contributed by atoms with van der Waals surface area (Å²) in [5.74, 6) is 0.532. The normalized spacial score (nSPS) is 13.9. The van der Waals surface area contributed by atoms with Gasteiger partial charge in [0.1, 0.15) is 23.8 Å². The van der Waals surface area contributed by atoms with Gasteiger partial charge in [0.25, 0.3) is 5.91 Å². The third-order valence-corrected chi connectivity index (χ3v) is 4.65. The summed E-state index contributed by atoms with van der Waals surface area (Å²) in [5.41, 5.74) is 1.54. The van der Waals surface area contributed by atoms with Gasteiger partial charge < -0.3 is 15.0 Å². The van der Waals surface area contributed by atoms with Gasteiger partial charge in [-0.05, 0) is 31.9 Å². The predicted octanol–water partition coefficient (Wildman–Crippen LogP) is 1.98. The lowest BCUT2D eigenvalue weighted by atomic mass is 10.3. The van der Waals surface area contributed by atoms with Gasteiger partial charge in [-0.15, -0.1) is 0 Å². The number of carbonyl (C=O) groups excluding carboxylic acids is 1. The Kier molecular flexibility index (Phi) is 5.05. The maximum atomic E-state index is 13.1. The molecular weight excluding hydrogens is 363 g/mol. The average Bonchev–Trinajstić information content (AvgIpc) is 3.35. The van der Waals surface area contributed by atoms with Crippen LogP contribution in [0.3, 0.4) is 0 Å². The lowest BCUT2D eigenvalue weighted by Gasteiger charge is -2.16. The van der Waals surface area contributed by atoms with E-state index in [9.17, 15) is 9.18 Å². The van der Waals surface area contributed by atoms with Crippen molar-refractivity contribution in [1.82, 2.24) is 24.9 Å². The van der Waals surface area contributed by atoms with Crippen molar-refractivity contribution >= 4 is 17.4 Å². The fraction of sp³-hybridized carbons (Fsp3) is 0.368. The fourth-order valence-electron chi connectivity index (χ4n) is 3.23. The Morgan fingerprint density at radius 3 is 2.93 bits per heavy atom. The molecule has 0 aromatic carbocycles. The molecule has 0 atom stereocenters. The van der Waals surface area contributed by atoms with Gasteiger partial charge in [-0.25, -0.2) is 18.9 Å². The van der Waals surface area contributed by atoms with Crippen molar-refractivity contribution in [3.8, 4) is 5.88 Å². The summed E-state index contributed by atoms with van der Waals surface area (Å²) in [6.07, 6.45) is 6.74. The van der Waals surface area contributed by atoms with Gasteiger partial charge >= 0.3 is 0 Å². The molecule has 1 aliphatic heterocycles. The van der Waals surface area contributed by atoms with Gasteiger partial charge in [-0.3, -0.25) is 4.79 Å². The Bertz CT molecular complexity index is 999. The number of aryl methyl sites for hydroxylation is 1. The van der Waals surface area contributed by atoms with E-state index in [4.69, 9.17) is 4.74 Å². The molecule has 1 fully saturated rings. The standard InChI is InChI=1S/C19H21FN6O2/c1-13-10-14(20)11-22-19(13)28-9-5-21-18(27)15-12-23-26-8-4-16(24-17(15)26)25-6-2-3-7-25/h4,8,10-12H,2-3,5-7,9H2,1H3,(H,21,27). The van der Waals surface area contributed by atoms with Crippen LogP contribution in [0.5, 0.6) is 5.88 Å². The smallest absolute Gasteiger partial charge is 0.256 e. The number of hydrogen-bond donors (Lipinski definition) is 1. The molecule has 146 valence electrons. The van der Waals surface area contributed by atoms with E-state index in [1.54, 1.807) is 11.4 Å². The van der Waals surface area contributed by atoms with E-state index in [0.29, 0.717) is 22.7 Å². The van der Waals surface area contributed by atoms with Crippen LogP contribution in [0.4, 0.5) is 10.2 Å². The Morgan fingerprint density at radius 2 is 2.14 bits per heavy atom. The molecule has 0 unspecified atom stereocenters. The number of ether oxygens (including phenoxy) is 1. The molecule has 28 heavy (non-hydrogen) atoms. The van der Waals surface area contributed by atoms with Gasteiger partial charge in [0.15, 0.2) is 5.65 Å². The molecule has 0 radical (unpaired) electrons. The summed E-state index contributed by atoms with van der Waals surface area (Å²) in [7, 11) is 0. The molecule has 4 rings (SSSR count). The second-order valence-electron chi connectivity index (χ2n) is 6.69. The van der Waals surface area contributed by atoms with E-state index >= 15 is 0 Å². The summed E-state index contributed by atoms with van der Waals surface area (Å²) in [5, 5.41) is 7.00. The Labute approximate surface area is 161 Å². The van der Waals surface area contributed by atoms with Crippen LogP contribution in [0, 0.1) is 12.7 Å². The third kappa shape index (κ3) is 3.73. The van der Waals surface area contributed by atoms with E-state index in [0.717, 1.165) is 37.9 Å². The van der Waals surface area contributed by atoms with E-state index in [-0.39, 0.29) is 19.1 Å². The number of halogens is 1. The van der Waals surface area contributed by atoms with E-state index in [1.807, 2.05) is 12.3 Å². The maximum Gasteiger partial charge on any atom is 0.256 e. The number of aromatic nitrogens is 4.